The number of rotatable bonds is 2. The van der Waals surface area contributed by atoms with Crippen LogP contribution in [0, 0.1) is 0 Å². The molecule has 3 rings (SSSR count). The van der Waals surface area contributed by atoms with Crippen molar-refractivity contribution >= 4 is 0 Å². The Hall–Kier alpha value is -1.80. The molecule has 0 saturated heterocycles. The first kappa shape index (κ1) is 14.2. The highest BCUT2D eigenvalue weighted by Crippen LogP contribution is 2.33. The summed E-state index contributed by atoms with van der Waals surface area (Å²) in [6, 6.07) is 16.7. The van der Waals surface area contributed by atoms with Gasteiger partial charge < -0.3 is 10.5 Å². The van der Waals surface area contributed by atoms with Crippen molar-refractivity contribution in [3.63, 3.8) is 0 Å². The van der Waals surface area contributed by atoms with Crippen LogP contribution in [0.5, 0.6) is 5.75 Å². The van der Waals surface area contributed by atoms with Gasteiger partial charge in [0, 0.05) is 6.42 Å². The molecule has 0 saturated carbocycles. The second-order valence-corrected chi connectivity index (χ2v) is 6.86. The number of hydrogen-bond acceptors (Lipinski definition) is 2. The molecule has 2 N–H and O–H groups in total. The van der Waals surface area contributed by atoms with E-state index in [1.807, 2.05) is 6.07 Å². The zero-order valence-electron chi connectivity index (χ0n) is 13.0. The molecule has 0 aromatic heterocycles. The third-order valence-electron chi connectivity index (χ3n) is 4.24. The van der Waals surface area contributed by atoms with Gasteiger partial charge in [-0.25, -0.2) is 0 Å². The Labute approximate surface area is 126 Å². The average Bonchev–Trinajstić information content (AvgIpc) is 2.76. The molecule has 2 heteroatoms. The van der Waals surface area contributed by atoms with Crippen molar-refractivity contribution in [1.82, 2.24) is 0 Å². The van der Waals surface area contributed by atoms with Crippen molar-refractivity contribution in [2.24, 2.45) is 5.73 Å². The van der Waals surface area contributed by atoms with E-state index in [1.165, 1.54) is 16.7 Å². The minimum absolute atomic E-state index is 0.0305. The zero-order valence-corrected chi connectivity index (χ0v) is 13.0. The molecule has 2 nitrogen and oxygen atoms in total. The van der Waals surface area contributed by atoms with Gasteiger partial charge in [0.2, 0.25) is 0 Å². The van der Waals surface area contributed by atoms with E-state index in [0.29, 0.717) is 0 Å². The largest absolute Gasteiger partial charge is 0.488 e. The minimum atomic E-state index is -0.0384. The second kappa shape index (κ2) is 5.19. The van der Waals surface area contributed by atoms with E-state index in [0.717, 1.165) is 12.2 Å². The third-order valence-corrected chi connectivity index (χ3v) is 4.24. The molecule has 0 heterocycles. The van der Waals surface area contributed by atoms with E-state index in [4.69, 9.17) is 10.5 Å². The summed E-state index contributed by atoms with van der Waals surface area (Å²) in [6.07, 6.45) is 0.918. The molecule has 0 radical (unpaired) electrons. The molecule has 1 aliphatic rings. The van der Waals surface area contributed by atoms with Crippen molar-refractivity contribution in [2.75, 3.05) is 0 Å². The summed E-state index contributed by atoms with van der Waals surface area (Å²) in [6.45, 7) is 6.64. The Morgan fingerprint density at radius 2 is 1.67 bits per heavy atom. The van der Waals surface area contributed by atoms with Crippen LogP contribution in [0.3, 0.4) is 0 Å². The lowest BCUT2D eigenvalue weighted by Gasteiger charge is -2.21. The standard InChI is InChI=1S/C19H23NO/c1-19(2,3)14-8-10-15(11-9-14)21-17-12-13-6-4-5-7-16(13)18(17)20/h4-11,17-18H,12,20H2,1-3H3. The predicted molar refractivity (Wildman–Crippen MR) is 86.6 cm³/mol. The number of nitrogens with two attached hydrogens (primary N) is 1. The first-order chi connectivity index (χ1) is 9.95. The summed E-state index contributed by atoms with van der Waals surface area (Å²) in [7, 11) is 0. The van der Waals surface area contributed by atoms with Gasteiger partial charge >= 0.3 is 0 Å². The number of benzene rings is 2. The van der Waals surface area contributed by atoms with Crippen molar-refractivity contribution < 1.29 is 4.74 Å². The molecule has 2 aromatic carbocycles. The fourth-order valence-corrected chi connectivity index (χ4v) is 2.91. The molecular weight excluding hydrogens is 258 g/mol. The Morgan fingerprint density at radius 1 is 1.00 bits per heavy atom. The van der Waals surface area contributed by atoms with E-state index in [1.54, 1.807) is 0 Å². The van der Waals surface area contributed by atoms with Gasteiger partial charge in [-0.2, -0.15) is 0 Å². The summed E-state index contributed by atoms with van der Waals surface area (Å²) in [5.74, 6) is 0.899. The molecule has 0 spiro atoms. The predicted octanol–water partition coefficient (Wildman–Crippen LogP) is 3.99. The van der Waals surface area contributed by atoms with E-state index in [9.17, 15) is 0 Å². The molecule has 0 aliphatic heterocycles. The van der Waals surface area contributed by atoms with Crippen LogP contribution < -0.4 is 10.5 Å². The topological polar surface area (TPSA) is 35.2 Å². The quantitative estimate of drug-likeness (QED) is 0.903. The first-order valence-corrected chi connectivity index (χ1v) is 7.56. The Bertz CT molecular complexity index is 625. The van der Waals surface area contributed by atoms with Gasteiger partial charge in [-0.1, -0.05) is 57.2 Å². The summed E-state index contributed by atoms with van der Waals surface area (Å²) in [5.41, 5.74) is 10.3. The lowest BCUT2D eigenvalue weighted by molar-refractivity contribution is 0.185. The Morgan fingerprint density at radius 3 is 2.29 bits per heavy atom. The summed E-state index contributed by atoms with van der Waals surface area (Å²) < 4.78 is 6.11. The van der Waals surface area contributed by atoms with Crippen molar-refractivity contribution in [3.05, 3.63) is 65.2 Å². The van der Waals surface area contributed by atoms with Gasteiger partial charge in [-0.05, 0) is 34.2 Å². The third kappa shape index (κ3) is 2.81. The van der Waals surface area contributed by atoms with Crippen molar-refractivity contribution in [1.29, 1.82) is 0 Å². The van der Waals surface area contributed by atoms with Gasteiger partial charge in [0.05, 0.1) is 6.04 Å². The molecule has 2 atom stereocenters. The summed E-state index contributed by atoms with van der Waals surface area (Å²) >= 11 is 0. The number of hydrogen-bond donors (Lipinski definition) is 1. The molecule has 21 heavy (non-hydrogen) atoms. The van der Waals surface area contributed by atoms with Gasteiger partial charge in [-0.3, -0.25) is 0 Å². The average molecular weight is 281 g/mol. The molecule has 0 bridgehead atoms. The van der Waals surface area contributed by atoms with Crippen LogP contribution >= 0.6 is 0 Å². The van der Waals surface area contributed by atoms with Gasteiger partial charge in [0.15, 0.2) is 0 Å². The lowest BCUT2D eigenvalue weighted by atomic mass is 9.87. The SMILES string of the molecule is CC(C)(C)c1ccc(OC2Cc3ccccc3C2N)cc1. The maximum Gasteiger partial charge on any atom is 0.122 e. The van der Waals surface area contributed by atoms with E-state index in [-0.39, 0.29) is 17.6 Å². The fraction of sp³-hybridized carbons (Fsp3) is 0.368. The smallest absolute Gasteiger partial charge is 0.122 e. The molecule has 0 fully saturated rings. The molecule has 2 aromatic rings. The fourth-order valence-electron chi connectivity index (χ4n) is 2.91. The molecular formula is C19H23NO. The van der Waals surface area contributed by atoms with Crippen LogP contribution in [0.2, 0.25) is 0 Å². The highest BCUT2D eigenvalue weighted by molar-refractivity contribution is 5.37. The van der Waals surface area contributed by atoms with Gasteiger partial charge in [0.25, 0.3) is 0 Å². The maximum absolute atomic E-state index is 6.31. The Balaban J connectivity index is 1.74. The normalized spacial score (nSPS) is 21.1. The van der Waals surface area contributed by atoms with Gasteiger partial charge in [0.1, 0.15) is 11.9 Å². The van der Waals surface area contributed by atoms with Crippen LogP contribution in [-0.2, 0) is 11.8 Å². The summed E-state index contributed by atoms with van der Waals surface area (Å²) in [5, 5.41) is 0. The molecule has 2 unspecified atom stereocenters. The van der Waals surface area contributed by atoms with Crippen LogP contribution in [0.4, 0.5) is 0 Å². The summed E-state index contributed by atoms with van der Waals surface area (Å²) in [4.78, 5) is 0. The highest BCUT2D eigenvalue weighted by atomic mass is 16.5. The lowest BCUT2D eigenvalue weighted by Crippen LogP contribution is -2.27. The van der Waals surface area contributed by atoms with E-state index in [2.05, 4.69) is 63.2 Å². The van der Waals surface area contributed by atoms with Gasteiger partial charge in [-0.15, -0.1) is 0 Å². The van der Waals surface area contributed by atoms with E-state index >= 15 is 0 Å². The second-order valence-electron chi connectivity index (χ2n) is 6.86. The Kier molecular flexibility index (Phi) is 3.50. The van der Waals surface area contributed by atoms with E-state index < -0.39 is 0 Å². The first-order valence-electron chi connectivity index (χ1n) is 7.56. The molecule has 110 valence electrons. The molecule has 1 aliphatic carbocycles. The maximum atomic E-state index is 6.31. The van der Waals surface area contributed by atoms with Crippen LogP contribution in [-0.4, -0.2) is 6.10 Å². The van der Waals surface area contributed by atoms with Crippen LogP contribution in [0.1, 0.15) is 43.5 Å². The number of fused-ring (bicyclic) bond motifs is 1. The zero-order chi connectivity index (χ0) is 15.0. The van der Waals surface area contributed by atoms with Crippen LogP contribution in [0.25, 0.3) is 0 Å². The van der Waals surface area contributed by atoms with Crippen molar-refractivity contribution in [2.45, 2.75) is 44.8 Å². The number of ether oxygens (including phenoxy) is 1. The monoisotopic (exact) mass is 281 g/mol. The van der Waals surface area contributed by atoms with Crippen molar-refractivity contribution in [3.8, 4) is 5.75 Å². The minimum Gasteiger partial charge on any atom is -0.488 e. The van der Waals surface area contributed by atoms with Crippen LogP contribution in [0.15, 0.2) is 48.5 Å². The highest BCUT2D eigenvalue weighted by Gasteiger charge is 2.30. The molecule has 0 amide bonds.